The molecule has 0 aromatic heterocycles. The van der Waals surface area contributed by atoms with E-state index in [-0.39, 0.29) is 18.4 Å². The number of para-hydroxylation sites is 1. The predicted molar refractivity (Wildman–Crippen MR) is 106 cm³/mol. The molecule has 0 unspecified atom stereocenters. The van der Waals surface area contributed by atoms with Crippen LogP contribution >= 0.6 is 0 Å². The molecule has 0 saturated heterocycles. The predicted octanol–water partition coefficient (Wildman–Crippen LogP) is 3.94. The highest BCUT2D eigenvalue weighted by Gasteiger charge is 2.26. The Hall–Kier alpha value is -2.62. The molecular weight excluding hydrogens is 324 g/mol. The lowest BCUT2D eigenvalue weighted by Crippen LogP contribution is -2.44. The van der Waals surface area contributed by atoms with Gasteiger partial charge < -0.3 is 9.80 Å². The van der Waals surface area contributed by atoms with E-state index in [1.165, 1.54) is 12.5 Å². The van der Waals surface area contributed by atoms with E-state index in [0.717, 1.165) is 40.9 Å². The van der Waals surface area contributed by atoms with Gasteiger partial charge in [0, 0.05) is 19.2 Å². The molecule has 0 radical (unpaired) electrons. The van der Waals surface area contributed by atoms with Crippen LogP contribution in [0.5, 0.6) is 0 Å². The van der Waals surface area contributed by atoms with Gasteiger partial charge in [0.2, 0.25) is 11.8 Å². The topological polar surface area (TPSA) is 40.6 Å². The lowest BCUT2D eigenvalue weighted by Gasteiger charge is -2.32. The molecule has 0 aliphatic carbocycles. The van der Waals surface area contributed by atoms with Gasteiger partial charge in [0.25, 0.3) is 0 Å². The van der Waals surface area contributed by atoms with Crippen LogP contribution in [0.25, 0.3) is 0 Å². The molecule has 1 aliphatic rings. The van der Waals surface area contributed by atoms with Crippen molar-refractivity contribution >= 4 is 23.2 Å². The number of hydrogen-bond donors (Lipinski definition) is 0. The molecule has 3 rings (SSSR count). The third kappa shape index (κ3) is 3.50. The molecule has 4 nitrogen and oxygen atoms in total. The van der Waals surface area contributed by atoms with Crippen LogP contribution in [-0.4, -0.2) is 24.9 Å². The van der Waals surface area contributed by atoms with Gasteiger partial charge in [0.05, 0.1) is 5.69 Å². The third-order valence-electron chi connectivity index (χ3n) is 4.99. The average molecular weight is 350 g/mol. The summed E-state index contributed by atoms with van der Waals surface area (Å²) in [4.78, 5) is 28.9. The molecule has 0 bridgehead atoms. The fraction of sp³-hybridized carbons (Fsp3) is 0.364. The molecule has 0 spiro atoms. The maximum absolute atomic E-state index is 13.1. The molecule has 136 valence electrons. The minimum Gasteiger partial charge on any atom is -0.311 e. The zero-order valence-electron chi connectivity index (χ0n) is 16.0. The summed E-state index contributed by atoms with van der Waals surface area (Å²) >= 11 is 0. The summed E-state index contributed by atoms with van der Waals surface area (Å²) in [5.41, 5.74) is 6.22. The monoisotopic (exact) mass is 350 g/mol. The maximum atomic E-state index is 13.1. The van der Waals surface area contributed by atoms with Gasteiger partial charge in [-0.25, -0.2) is 0 Å². The Balaban J connectivity index is 1.91. The van der Waals surface area contributed by atoms with Crippen molar-refractivity contribution in [2.45, 2.75) is 40.5 Å². The van der Waals surface area contributed by atoms with E-state index in [1.54, 1.807) is 4.90 Å². The fourth-order valence-electron chi connectivity index (χ4n) is 3.96. The first-order valence-electron chi connectivity index (χ1n) is 9.12. The summed E-state index contributed by atoms with van der Waals surface area (Å²) in [6.45, 7) is 8.31. The number of benzene rings is 2. The molecule has 1 heterocycles. The lowest BCUT2D eigenvalue weighted by molar-refractivity contribution is -0.121. The number of nitrogens with zero attached hydrogens (tertiary/aromatic N) is 2. The zero-order chi connectivity index (χ0) is 18.8. The van der Waals surface area contributed by atoms with Crippen molar-refractivity contribution in [3.05, 3.63) is 58.7 Å². The normalized spacial score (nSPS) is 13.3. The van der Waals surface area contributed by atoms with E-state index in [1.807, 2.05) is 43.9 Å². The average Bonchev–Trinajstić information content (AvgIpc) is 2.59. The molecule has 2 amide bonds. The summed E-state index contributed by atoms with van der Waals surface area (Å²) < 4.78 is 0. The molecule has 2 aromatic rings. The van der Waals surface area contributed by atoms with E-state index >= 15 is 0 Å². The number of hydrogen-bond acceptors (Lipinski definition) is 2. The van der Waals surface area contributed by atoms with Crippen LogP contribution in [0.3, 0.4) is 0 Å². The van der Waals surface area contributed by atoms with Crippen LogP contribution in [0.4, 0.5) is 11.4 Å². The van der Waals surface area contributed by atoms with Crippen LogP contribution in [0.2, 0.25) is 0 Å². The minimum atomic E-state index is -0.112. The molecule has 0 fully saturated rings. The summed E-state index contributed by atoms with van der Waals surface area (Å²) in [6, 6.07) is 12.1. The number of fused-ring (bicyclic) bond motifs is 1. The highest BCUT2D eigenvalue weighted by atomic mass is 16.2. The second-order valence-electron chi connectivity index (χ2n) is 7.13. The van der Waals surface area contributed by atoms with Gasteiger partial charge >= 0.3 is 0 Å². The van der Waals surface area contributed by atoms with Crippen molar-refractivity contribution < 1.29 is 9.59 Å². The van der Waals surface area contributed by atoms with Gasteiger partial charge in [0.15, 0.2) is 0 Å². The van der Waals surface area contributed by atoms with Gasteiger partial charge in [-0.2, -0.15) is 0 Å². The molecule has 0 atom stereocenters. The standard InChI is InChI=1S/C22H26N2O2/c1-15-12-16(2)22(17(3)13-15)24(18(4)25)14-21(26)23-11-7-9-19-8-5-6-10-20(19)23/h5-6,8,10,12-13H,7,9,11,14H2,1-4H3. The van der Waals surface area contributed by atoms with Crippen molar-refractivity contribution in [1.29, 1.82) is 0 Å². The second-order valence-corrected chi connectivity index (χ2v) is 7.13. The summed E-state index contributed by atoms with van der Waals surface area (Å²) in [5, 5.41) is 0. The first kappa shape index (κ1) is 18.2. The maximum Gasteiger partial charge on any atom is 0.247 e. The van der Waals surface area contributed by atoms with E-state index in [9.17, 15) is 9.59 Å². The van der Waals surface area contributed by atoms with Gasteiger partial charge in [0.1, 0.15) is 6.54 Å². The SMILES string of the molecule is CC(=O)N(CC(=O)N1CCCc2ccccc21)c1c(C)cc(C)cc1C. The highest BCUT2D eigenvalue weighted by molar-refractivity contribution is 6.04. The molecule has 0 saturated carbocycles. The molecule has 26 heavy (non-hydrogen) atoms. The first-order chi connectivity index (χ1) is 12.4. The third-order valence-corrected chi connectivity index (χ3v) is 4.99. The van der Waals surface area contributed by atoms with E-state index in [2.05, 4.69) is 18.2 Å². The van der Waals surface area contributed by atoms with Gasteiger partial charge in [-0.15, -0.1) is 0 Å². The number of amides is 2. The van der Waals surface area contributed by atoms with Gasteiger partial charge in [-0.05, 0) is 56.4 Å². The zero-order valence-corrected chi connectivity index (χ0v) is 16.0. The fourth-order valence-corrected chi connectivity index (χ4v) is 3.96. The Morgan fingerprint density at radius 2 is 1.73 bits per heavy atom. The quantitative estimate of drug-likeness (QED) is 0.841. The molecule has 1 aliphatic heterocycles. The van der Waals surface area contributed by atoms with Crippen LogP contribution in [-0.2, 0) is 16.0 Å². The van der Waals surface area contributed by atoms with Crippen molar-refractivity contribution in [3.8, 4) is 0 Å². The van der Waals surface area contributed by atoms with E-state index in [4.69, 9.17) is 0 Å². The molecule has 2 aromatic carbocycles. The van der Waals surface area contributed by atoms with Crippen molar-refractivity contribution in [1.82, 2.24) is 0 Å². The summed E-state index contributed by atoms with van der Waals surface area (Å²) in [7, 11) is 0. The van der Waals surface area contributed by atoms with Crippen LogP contribution in [0, 0.1) is 20.8 Å². The Morgan fingerprint density at radius 1 is 1.08 bits per heavy atom. The van der Waals surface area contributed by atoms with Crippen LogP contribution in [0.15, 0.2) is 36.4 Å². The molecular formula is C22H26N2O2. The number of aryl methyl sites for hydroxylation is 4. The molecule has 0 N–H and O–H groups in total. The number of carbonyl (C=O) groups is 2. The van der Waals surface area contributed by atoms with E-state index in [0.29, 0.717) is 6.54 Å². The van der Waals surface area contributed by atoms with Crippen LogP contribution < -0.4 is 9.80 Å². The smallest absolute Gasteiger partial charge is 0.247 e. The molecule has 4 heteroatoms. The Labute approximate surface area is 155 Å². The lowest BCUT2D eigenvalue weighted by atomic mass is 10.0. The number of carbonyl (C=O) groups excluding carboxylic acids is 2. The van der Waals surface area contributed by atoms with Crippen molar-refractivity contribution in [2.24, 2.45) is 0 Å². The van der Waals surface area contributed by atoms with Crippen molar-refractivity contribution in [2.75, 3.05) is 22.9 Å². The number of rotatable bonds is 3. The summed E-state index contributed by atoms with van der Waals surface area (Å²) in [6.07, 6.45) is 1.94. The highest BCUT2D eigenvalue weighted by Crippen LogP contribution is 2.29. The van der Waals surface area contributed by atoms with Gasteiger partial charge in [-0.1, -0.05) is 35.9 Å². The Morgan fingerprint density at radius 3 is 2.38 bits per heavy atom. The largest absolute Gasteiger partial charge is 0.311 e. The Bertz CT molecular complexity index is 834. The summed E-state index contributed by atoms with van der Waals surface area (Å²) in [5.74, 6) is -0.148. The second kappa shape index (κ2) is 7.32. The number of anilines is 2. The van der Waals surface area contributed by atoms with Crippen molar-refractivity contribution in [3.63, 3.8) is 0 Å². The Kier molecular flexibility index (Phi) is 5.12. The minimum absolute atomic E-state index is 0.0354. The first-order valence-corrected chi connectivity index (χ1v) is 9.12. The van der Waals surface area contributed by atoms with Crippen LogP contribution in [0.1, 0.15) is 35.6 Å². The van der Waals surface area contributed by atoms with Gasteiger partial charge in [-0.3, -0.25) is 9.59 Å². The van der Waals surface area contributed by atoms with E-state index < -0.39 is 0 Å².